The lowest BCUT2D eigenvalue weighted by atomic mass is 10.0. The van der Waals surface area contributed by atoms with Crippen molar-refractivity contribution in [3.63, 3.8) is 0 Å². The van der Waals surface area contributed by atoms with Crippen LogP contribution in [0.15, 0.2) is 42.5 Å². The van der Waals surface area contributed by atoms with Gasteiger partial charge < -0.3 is 28.5 Å². The minimum absolute atomic E-state index is 0. The van der Waals surface area contributed by atoms with Crippen LogP contribution >= 0.6 is 0 Å². The summed E-state index contributed by atoms with van der Waals surface area (Å²) in [5.74, 6) is 0.230. The van der Waals surface area contributed by atoms with Gasteiger partial charge in [0.25, 0.3) is 0 Å². The van der Waals surface area contributed by atoms with E-state index < -0.39 is 0 Å². The molecule has 0 radical (unpaired) electrons. The molecule has 0 aliphatic rings. The summed E-state index contributed by atoms with van der Waals surface area (Å²) < 4.78 is 0.819. The molecular formula is C16H20INO. The van der Waals surface area contributed by atoms with Crippen LogP contribution in [0.3, 0.4) is 0 Å². The quantitative estimate of drug-likeness (QED) is 0.425. The van der Waals surface area contributed by atoms with Crippen LogP contribution in [0.4, 0.5) is 0 Å². The highest BCUT2D eigenvalue weighted by Crippen LogP contribution is 2.16. The summed E-state index contributed by atoms with van der Waals surface area (Å²) in [5.41, 5.74) is 0.821. The van der Waals surface area contributed by atoms with Crippen molar-refractivity contribution in [2.75, 3.05) is 27.7 Å². The third-order valence-electron chi connectivity index (χ3n) is 3.08. The summed E-state index contributed by atoms with van der Waals surface area (Å²) in [6, 6.07) is 14.1. The van der Waals surface area contributed by atoms with E-state index in [1.807, 2.05) is 36.4 Å². The predicted molar refractivity (Wildman–Crippen MR) is 75.8 cm³/mol. The Bertz CT molecular complexity index is 572. The second kappa shape index (κ2) is 6.48. The van der Waals surface area contributed by atoms with Gasteiger partial charge in [-0.2, -0.15) is 0 Å². The summed E-state index contributed by atoms with van der Waals surface area (Å²) in [6.07, 6.45) is 0.599. The molecule has 0 spiro atoms. The Morgan fingerprint density at radius 3 is 2.26 bits per heavy atom. The molecule has 2 aromatic rings. The van der Waals surface area contributed by atoms with Gasteiger partial charge in [0, 0.05) is 5.56 Å². The van der Waals surface area contributed by atoms with Crippen LogP contribution in [-0.4, -0.2) is 38.0 Å². The fourth-order valence-corrected chi connectivity index (χ4v) is 1.94. The zero-order valence-electron chi connectivity index (χ0n) is 11.7. The maximum atomic E-state index is 12.1. The molecule has 0 aliphatic heterocycles. The van der Waals surface area contributed by atoms with Crippen molar-refractivity contribution < 1.29 is 33.3 Å². The highest BCUT2D eigenvalue weighted by atomic mass is 127. The normalized spacial score (nSPS) is 11.1. The molecule has 2 aromatic carbocycles. The van der Waals surface area contributed by atoms with Gasteiger partial charge in [-0.05, 0) is 16.8 Å². The number of carbonyl (C=O) groups is 1. The summed E-state index contributed by atoms with van der Waals surface area (Å²) in [4.78, 5) is 12.1. The minimum atomic E-state index is 0. The lowest BCUT2D eigenvalue weighted by Crippen LogP contribution is -3.00. The van der Waals surface area contributed by atoms with Gasteiger partial charge in [-0.3, -0.25) is 4.79 Å². The van der Waals surface area contributed by atoms with Crippen LogP contribution in [-0.2, 0) is 0 Å². The van der Waals surface area contributed by atoms with E-state index in [0.717, 1.165) is 22.0 Å². The van der Waals surface area contributed by atoms with E-state index in [9.17, 15) is 4.79 Å². The molecule has 0 bridgehead atoms. The molecule has 3 heteroatoms. The van der Waals surface area contributed by atoms with Gasteiger partial charge in [-0.25, -0.2) is 0 Å². The monoisotopic (exact) mass is 369 g/mol. The molecule has 2 rings (SSSR count). The third-order valence-corrected chi connectivity index (χ3v) is 3.08. The number of quaternary nitrogens is 1. The summed E-state index contributed by atoms with van der Waals surface area (Å²) in [7, 11) is 6.31. The van der Waals surface area contributed by atoms with Crippen molar-refractivity contribution in [1.29, 1.82) is 0 Å². The summed E-state index contributed by atoms with van der Waals surface area (Å²) in [6.45, 7) is 0.867. The molecule has 102 valence electrons. The molecular weight excluding hydrogens is 349 g/mol. The van der Waals surface area contributed by atoms with Gasteiger partial charge in [0.05, 0.1) is 34.1 Å². The first-order valence-electron chi connectivity index (χ1n) is 6.28. The Morgan fingerprint density at radius 1 is 1.00 bits per heavy atom. The van der Waals surface area contributed by atoms with E-state index >= 15 is 0 Å². The van der Waals surface area contributed by atoms with E-state index in [2.05, 4.69) is 27.2 Å². The van der Waals surface area contributed by atoms with Crippen molar-refractivity contribution >= 4 is 16.6 Å². The molecule has 2 nitrogen and oxygen atoms in total. The van der Waals surface area contributed by atoms with Crippen molar-refractivity contribution in [2.45, 2.75) is 6.42 Å². The van der Waals surface area contributed by atoms with Gasteiger partial charge in [0.1, 0.15) is 0 Å². The first kappa shape index (κ1) is 16.1. The van der Waals surface area contributed by atoms with E-state index in [4.69, 9.17) is 0 Å². The van der Waals surface area contributed by atoms with Gasteiger partial charge in [-0.15, -0.1) is 0 Å². The molecule has 0 amide bonds. The standard InChI is InChI=1S/C16H20NO.HI/c1-17(2,3)11-10-16(18)15-9-8-13-6-4-5-7-14(13)12-15;/h4-9,12H,10-11H2,1-3H3;1H/q+1;/p-1. The van der Waals surface area contributed by atoms with Gasteiger partial charge >= 0.3 is 0 Å². The summed E-state index contributed by atoms with van der Waals surface area (Å²) in [5, 5.41) is 2.31. The van der Waals surface area contributed by atoms with Gasteiger partial charge in [0.15, 0.2) is 5.78 Å². The zero-order chi connectivity index (χ0) is 13.2. The number of carbonyl (C=O) groups excluding carboxylic acids is 1. The largest absolute Gasteiger partial charge is 1.00 e. The Hall–Kier alpha value is -0.940. The Labute approximate surface area is 132 Å². The fraction of sp³-hybridized carbons (Fsp3) is 0.312. The smallest absolute Gasteiger partial charge is 0.168 e. The zero-order valence-corrected chi connectivity index (χ0v) is 13.8. The lowest BCUT2D eigenvalue weighted by Gasteiger charge is -2.23. The van der Waals surface area contributed by atoms with Gasteiger partial charge in [-0.1, -0.05) is 36.4 Å². The predicted octanol–water partition coefficient (Wildman–Crippen LogP) is 0.123. The van der Waals surface area contributed by atoms with Crippen molar-refractivity contribution in [3.8, 4) is 0 Å². The highest BCUT2D eigenvalue weighted by Gasteiger charge is 2.12. The fourth-order valence-electron chi connectivity index (χ4n) is 1.94. The van der Waals surface area contributed by atoms with E-state index in [-0.39, 0.29) is 29.8 Å². The van der Waals surface area contributed by atoms with Crippen LogP contribution in [0, 0.1) is 0 Å². The second-order valence-corrected chi connectivity index (χ2v) is 5.75. The number of nitrogens with zero attached hydrogens (tertiary/aromatic N) is 1. The summed E-state index contributed by atoms with van der Waals surface area (Å²) >= 11 is 0. The third kappa shape index (κ3) is 4.58. The van der Waals surface area contributed by atoms with Gasteiger partial charge in [0.2, 0.25) is 0 Å². The molecule has 0 aliphatic carbocycles. The Kier molecular flexibility index (Phi) is 5.50. The van der Waals surface area contributed by atoms with E-state index in [0.29, 0.717) is 6.42 Å². The molecule has 0 saturated carbocycles. The minimum Gasteiger partial charge on any atom is -1.00 e. The van der Waals surface area contributed by atoms with E-state index in [1.54, 1.807) is 0 Å². The number of hydrogen-bond donors (Lipinski definition) is 0. The number of fused-ring (bicyclic) bond motifs is 1. The van der Waals surface area contributed by atoms with Crippen LogP contribution in [0.2, 0.25) is 0 Å². The molecule has 0 N–H and O–H groups in total. The van der Waals surface area contributed by atoms with Crippen molar-refractivity contribution in [1.82, 2.24) is 0 Å². The Morgan fingerprint density at radius 2 is 1.63 bits per heavy atom. The van der Waals surface area contributed by atoms with Crippen LogP contribution in [0.1, 0.15) is 16.8 Å². The van der Waals surface area contributed by atoms with Crippen molar-refractivity contribution in [2.24, 2.45) is 0 Å². The number of rotatable bonds is 4. The number of hydrogen-bond acceptors (Lipinski definition) is 1. The topological polar surface area (TPSA) is 17.1 Å². The van der Waals surface area contributed by atoms with Crippen LogP contribution < -0.4 is 24.0 Å². The molecule has 19 heavy (non-hydrogen) atoms. The maximum absolute atomic E-state index is 12.1. The molecule has 0 heterocycles. The molecule has 0 aromatic heterocycles. The molecule has 0 saturated heterocycles. The average Bonchev–Trinajstić information content (AvgIpc) is 2.34. The van der Waals surface area contributed by atoms with Crippen LogP contribution in [0.5, 0.6) is 0 Å². The SMILES string of the molecule is C[N+](C)(C)CCC(=O)c1ccc2ccccc2c1.[I-]. The first-order valence-corrected chi connectivity index (χ1v) is 6.28. The second-order valence-electron chi connectivity index (χ2n) is 5.75. The van der Waals surface area contributed by atoms with Crippen molar-refractivity contribution in [3.05, 3.63) is 48.0 Å². The number of benzene rings is 2. The number of halogens is 1. The molecule has 0 unspecified atom stereocenters. The van der Waals surface area contributed by atoms with Crippen LogP contribution in [0.25, 0.3) is 10.8 Å². The molecule has 0 fully saturated rings. The highest BCUT2D eigenvalue weighted by molar-refractivity contribution is 5.99. The first-order chi connectivity index (χ1) is 8.46. The number of ketones is 1. The number of Topliss-reactive ketones (excluding diaryl/α,β-unsaturated/α-hetero) is 1. The van der Waals surface area contributed by atoms with E-state index in [1.165, 1.54) is 5.39 Å². The average molecular weight is 369 g/mol. The molecule has 0 atom stereocenters. The lowest BCUT2D eigenvalue weighted by molar-refractivity contribution is -0.869. The maximum Gasteiger partial charge on any atom is 0.168 e. The Balaban J connectivity index is 0.00000180.